The van der Waals surface area contributed by atoms with Crippen molar-refractivity contribution in [3.63, 3.8) is 0 Å². The zero-order chi connectivity index (χ0) is 18.0. The molecular weight excluding hydrogens is 314 g/mol. The van der Waals surface area contributed by atoms with E-state index in [2.05, 4.69) is 20.8 Å². The summed E-state index contributed by atoms with van der Waals surface area (Å²) in [6.07, 6.45) is 6.25. The smallest absolute Gasteiger partial charge is 0.422 e. The molecule has 0 spiro atoms. The molecule has 4 nitrogen and oxygen atoms in total. The topological polar surface area (TPSA) is 44.4 Å². The molecule has 0 N–H and O–H groups in total. The van der Waals surface area contributed by atoms with Gasteiger partial charge in [0.05, 0.1) is 12.2 Å². The van der Waals surface area contributed by atoms with Gasteiger partial charge in [0.1, 0.15) is 6.10 Å². The quantitative estimate of drug-likeness (QED) is 0.764. The second-order valence-electron chi connectivity index (χ2n) is 7.95. The predicted molar refractivity (Wildman–Crippen MR) is 99.1 cm³/mol. The molecule has 3 rings (SSSR count). The second-order valence-corrected chi connectivity index (χ2v) is 7.95. The Morgan fingerprint density at radius 2 is 1.96 bits per heavy atom. The Hall–Kier alpha value is -1.97. The fourth-order valence-electron chi connectivity index (χ4n) is 3.79. The summed E-state index contributed by atoms with van der Waals surface area (Å²) in [5.74, 6) is 0.591. The van der Waals surface area contributed by atoms with Crippen molar-refractivity contribution in [3.8, 4) is 5.95 Å². The molecule has 1 aliphatic carbocycles. The Morgan fingerprint density at radius 1 is 1.24 bits per heavy atom. The number of aromatic nitrogens is 1. The molecular formula is C21H29NO3. The molecule has 1 heterocycles. The summed E-state index contributed by atoms with van der Waals surface area (Å²) in [7, 11) is 0. The van der Waals surface area contributed by atoms with Gasteiger partial charge in [-0.3, -0.25) is 4.57 Å². The number of ether oxygens (including phenoxy) is 1. The van der Waals surface area contributed by atoms with Crippen molar-refractivity contribution < 1.29 is 9.15 Å². The highest BCUT2D eigenvalue weighted by molar-refractivity contribution is 5.19. The number of benzene rings is 1. The van der Waals surface area contributed by atoms with E-state index in [9.17, 15) is 4.79 Å². The molecule has 0 radical (unpaired) electrons. The van der Waals surface area contributed by atoms with Crippen LogP contribution in [0.5, 0.6) is 5.95 Å². The monoisotopic (exact) mass is 343 g/mol. The summed E-state index contributed by atoms with van der Waals surface area (Å²) in [6.45, 7) is 8.89. The normalized spacial score (nSPS) is 25.1. The first kappa shape index (κ1) is 17.8. The number of oxazole rings is 1. The summed E-state index contributed by atoms with van der Waals surface area (Å²) in [5.41, 5.74) is 1.37. The first-order valence-corrected chi connectivity index (χ1v) is 9.32. The van der Waals surface area contributed by atoms with Crippen LogP contribution in [0.2, 0.25) is 0 Å². The highest BCUT2D eigenvalue weighted by atomic mass is 16.6. The Kier molecular flexibility index (Phi) is 5.07. The van der Waals surface area contributed by atoms with Crippen LogP contribution in [0, 0.1) is 11.3 Å². The van der Waals surface area contributed by atoms with E-state index in [1.165, 1.54) is 6.42 Å². The number of hydrogen-bond acceptors (Lipinski definition) is 3. The lowest BCUT2D eigenvalue weighted by Gasteiger charge is -2.40. The average molecular weight is 343 g/mol. The van der Waals surface area contributed by atoms with Crippen LogP contribution in [-0.2, 0) is 0 Å². The summed E-state index contributed by atoms with van der Waals surface area (Å²) in [5, 5.41) is 0. The summed E-state index contributed by atoms with van der Waals surface area (Å²) >= 11 is 0. The minimum atomic E-state index is -0.367. The van der Waals surface area contributed by atoms with Crippen LogP contribution in [0.1, 0.15) is 65.0 Å². The molecule has 1 aromatic heterocycles. The SMILES string of the molecule is CC(c1ccccc1)n1cc(O[C@@H]2CCCC(C)(C(C)C)C2)oc1=O. The van der Waals surface area contributed by atoms with E-state index in [0.29, 0.717) is 17.3 Å². The summed E-state index contributed by atoms with van der Waals surface area (Å²) < 4.78 is 13.0. The molecule has 1 aliphatic rings. The average Bonchev–Trinajstić information content (AvgIpc) is 2.95. The molecule has 0 bridgehead atoms. The molecule has 2 aromatic rings. The Bertz CT molecular complexity index is 746. The maximum atomic E-state index is 12.2. The maximum Gasteiger partial charge on any atom is 0.422 e. The standard InChI is InChI=1S/C21H29NO3/c1-15(2)21(4)12-8-11-18(13-21)24-19-14-22(20(23)25-19)16(3)17-9-6-5-7-10-17/h5-7,9-10,14-16,18H,8,11-13H2,1-4H3/t16?,18-,21?/m1/s1. The van der Waals surface area contributed by atoms with Crippen LogP contribution in [0.4, 0.5) is 0 Å². The molecule has 2 unspecified atom stereocenters. The molecule has 0 aliphatic heterocycles. The molecule has 136 valence electrons. The lowest BCUT2D eigenvalue weighted by Crippen LogP contribution is -2.35. The van der Waals surface area contributed by atoms with E-state index in [0.717, 1.165) is 24.8 Å². The molecule has 3 atom stereocenters. The van der Waals surface area contributed by atoms with Crippen molar-refractivity contribution in [2.45, 2.75) is 65.5 Å². The molecule has 1 aromatic carbocycles. The molecule has 25 heavy (non-hydrogen) atoms. The summed E-state index contributed by atoms with van der Waals surface area (Å²) in [6, 6.07) is 9.87. The zero-order valence-electron chi connectivity index (χ0n) is 15.7. The molecule has 4 heteroatoms. The lowest BCUT2D eigenvalue weighted by atomic mass is 9.67. The van der Waals surface area contributed by atoms with Gasteiger partial charge in [0.2, 0.25) is 0 Å². The van der Waals surface area contributed by atoms with E-state index in [4.69, 9.17) is 9.15 Å². The zero-order valence-corrected chi connectivity index (χ0v) is 15.7. The van der Waals surface area contributed by atoms with Gasteiger partial charge in [0.25, 0.3) is 0 Å². The van der Waals surface area contributed by atoms with E-state index < -0.39 is 0 Å². The highest BCUT2D eigenvalue weighted by Gasteiger charge is 2.36. The molecule has 0 amide bonds. The number of nitrogens with zero attached hydrogens (tertiary/aromatic N) is 1. The maximum absolute atomic E-state index is 12.2. The van der Waals surface area contributed by atoms with Crippen LogP contribution in [0.15, 0.2) is 45.7 Å². The number of hydrogen-bond donors (Lipinski definition) is 0. The largest absolute Gasteiger partial charge is 0.461 e. The minimum Gasteiger partial charge on any atom is -0.461 e. The van der Waals surface area contributed by atoms with Crippen LogP contribution in [-0.4, -0.2) is 10.7 Å². The second kappa shape index (κ2) is 7.11. The van der Waals surface area contributed by atoms with Gasteiger partial charge < -0.3 is 9.15 Å². The third-order valence-electron chi connectivity index (χ3n) is 5.99. The number of rotatable bonds is 5. The predicted octanol–water partition coefficient (Wildman–Crippen LogP) is 5.03. The van der Waals surface area contributed by atoms with Gasteiger partial charge in [-0.25, -0.2) is 4.79 Å². The van der Waals surface area contributed by atoms with Crippen LogP contribution >= 0.6 is 0 Å². The fourth-order valence-corrected chi connectivity index (χ4v) is 3.79. The minimum absolute atomic E-state index is 0.0814. The molecule has 0 saturated heterocycles. The van der Waals surface area contributed by atoms with Crippen molar-refractivity contribution in [3.05, 3.63) is 52.6 Å². The van der Waals surface area contributed by atoms with Crippen molar-refractivity contribution in [1.29, 1.82) is 0 Å². The Labute approximate surface area is 149 Å². The van der Waals surface area contributed by atoms with Crippen molar-refractivity contribution in [2.75, 3.05) is 0 Å². The Balaban J connectivity index is 1.74. The third-order valence-corrected chi connectivity index (χ3v) is 5.99. The Morgan fingerprint density at radius 3 is 2.64 bits per heavy atom. The van der Waals surface area contributed by atoms with Crippen LogP contribution in [0.3, 0.4) is 0 Å². The highest BCUT2D eigenvalue weighted by Crippen LogP contribution is 2.43. The van der Waals surface area contributed by atoms with Crippen molar-refractivity contribution >= 4 is 0 Å². The van der Waals surface area contributed by atoms with Gasteiger partial charge >= 0.3 is 11.7 Å². The van der Waals surface area contributed by atoms with Gasteiger partial charge in [-0.2, -0.15) is 0 Å². The van der Waals surface area contributed by atoms with E-state index in [1.807, 2.05) is 37.3 Å². The first-order chi connectivity index (χ1) is 11.9. The molecule has 1 fully saturated rings. The van der Waals surface area contributed by atoms with E-state index in [1.54, 1.807) is 10.8 Å². The first-order valence-electron chi connectivity index (χ1n) is 9.32. The summed E-state index contributed by atoms with van der Waals surface area (Å²) in [4.78, 5) is 12.2. The van der Waals surface area contributed by atoms with Crippen molar-refractivity contribution in [2.24, 2.45) is 11.3 Å². The molecule has 1 saturated carbocycles. The van der Waals surface area contributed by atoms with Gasteiger partial charge in [0.15, 0.2) is 0 Å². The van der Waals surface area contributed by atoms with Gasteiger partial charge in [-0.05, 0) is 49.5 Å². The van der Waals surface area contributed by atoms with Gasteiger partial charge in [-0.15, -0.1) is 0 Å². The van der Waals surface area contributed by atoms with Crippen molar-refractivity contribution in [1.82, 2.24) is 4.57 Å². The van der Waals surface area contributed by atoms with Gasteiger partial charge in [-0.1, -0.05) is 51.1 Å². The lowest BCUT2D eigenvalue weighted by molar-refractivity contribution is 0.0306. The van der Waals surface area contributed by atoms with E-state index in [-0.39, 0.29) is 17.9 Å². The van der Waals surface area contributed by atoms with Crippen LogP contribution in [0.25, 0.3) is 0 Å². The van der Waals surface area contributed by atoms with Crippen LogP contribution < -0.4 is 10.5 Å². The van der Waals surface area contributed by atoms with E-state index >= 15 is 0 Å². The fraction of sp³-hybridized carbons (Fsp3) is 0.571. The van der Waals surface area contributed by atoms with Gasteiger partial charge in [0, 0.05) is 0 Å². The third kappa shape index (κ3) is 3.83.